The molecule has 0 heterocycles. The van der Waals surface area contributed by atoms with Crippen LogP contribution in [0, 0.1) is 5.41 Å². The second kappa shape index (κ2) is 2.68. The van der Waals surface area contributed by atoms with E-state index in [0.29, 0.717) is 0 Å². The van der Waals surface area contributed by atoms with Crippen LogP contribution in [-0.2, 0) is 0 Å². The van der Waals surface area contributed by atoms with E-state index >= 15 is 0 Å². The third kappa shape index (κ3) is 1.62. The molecule has 0 aromatic carbocycles. The maximum absolute atomic E-state index is 8.52. The minimum absolute atomic E-state index is 0.286. The number of oxime groups is 1. The van der Waals surface area contributed by atoms with E-state index in [-0.39, 0.29) is 5.41 Å². The van der Waals surface area contributed by atoms with E-state index in [1.54, 1.807) is 0 Å². The van der Waals surface area contributed by atoms with Gasteiger partial charge in [-0.15, -0.1) is 0 Å². The lowest BCUT2D eigenvalue weighted by Gasteiger charge is -2.29. The monoisotopic (exact) mass is 153 g/mol. The van der Waals surface area contributed by atoms with Crippen LogP contribution in [0.2, 0.25) is 0 Å². The van der Waals surface area contributed by atoms with Crippen LogP contribution in [0.3, 0.4) is 0 Å². The molecular weight excluding hydrogens is 138 g/mol. The molecule has 0 fully saturated rings. The zero-order valence-electron chi connectivity index (χ0n) is 7.39. The van der Waals surface area contributed by atoms with E-state index < -0.39 is 0 Å². The number of nitrogens with zero attached hydrogens (tertiary/aromatic N) is 1. The maximum Gasteiger partial charge on any atom is 0.0795 e. The molecule has 0 saturated heterocycles. The Labute approximate surface area is 67.6 Å². The highest BCUT2D eigenvalue weighted by Crippen LogP contribution is 2.34. The molecule has 1 rings (SSSR count). The van der Waals surface area contributed by atoms with Crippen LogP contribution in [-0.4, -0.2) is 10.9 Å². The van der Waals surface area contributed by atoms with E-state index in [4.69, 9.17) is 5.21 Å². The predicted octanol–water partition coefficient (Wildman–Crippen LogP) is 2.58. The molecule has 2 nitrogen and oxygen atoms in total. The smallest absolute Gasteiger partial charge is 0.0795 e. The third-order valence-electron chi connectivity index (χ3n) is 2.59. The third-order valence-corrected chi connectivity index (χ3v) is 2.59. The van der Waals surface area contributed by atoms with Gasteiger partial charge in [0.2, 0.25) is 0 Å². The fourth-order valence-electron chi connectivity index (χ4n) is 1.23. The summed E-state index contributed by atoms with van der Waals surface area (Å²) in [5.74, 6) is 0. The molecule has 0 aromatic rings. The Balaban J connectivity index is 2.89. The summed E-state index contributed by atoms with van der Waals surface area (Å²) in [4.78, 5) is 0. The van der Waals surface area contributed by atoms with Crippen LogP contribution in [0.25, 0.3) is 0 Å². The topological polar surface area (TPSA) is 32.6 Å². The molecule has 0 aromatic heterocycles. The first kappa shape index (κ1) is 8.31. The van der Waals surface area contributed by atoms with Crippen LogP contribution in [0.5, 0.6) is 0 Å². The van der Waals surface area contributed by atoms with Crippen molar-refractivity contribution in [2.75, 3.05) is 0 Å². The maximum atomic E-state index is 8.52. The molecule has 0 bridgehead atoms. The van der Waals surface area contributed by atoms with Gasteiger partial charge in [0.05, 0.1) is 5.71 Å². The summed E-state index contributed by atoms with van der Waals surface area (Å²) in [6.45, 7) is 6.52. The lowest BCUT2D eigenvalue weighted by atomic mass is 9.76. The van der Waals surface area contributed by atoms with Crippen LogP contribution in [0.4, 0.5) is 0 Å². The van der Waals surface area contributed by atoms with Gasteiger partial charge in [-0.25, -0.2) is 0 Å². The normalized spacial score (nSPS) is 26.8. The average Bonchev–Trinajstić information content (AvgIpc) is 1.95. The Morgan fingerprint density at radius 3 is 2.64 bits per heavy atom. The van der Waals surface area contributed by atoms with Crippen molar-refractivity contribution >= 4 is 5.71 Å². The number of allylic oxidation sites excluding steroid dienone is 2. The lowest BCUT2D eigenvalue weighted by molar-refractivity contribution is 0.314. The predicted molar refractivity (Wildman–Crippen MR) is 46.0 cm³/mol. The summed E-state index contributed by atoms with van der Waals surface area (Å²) in [6, 6.07) is 0. The van der Waals surface area contributed by atoms with Crippen LogP contribution >= 0.6 is 0 Å². The fraction of sp³-hybridized carbons (Fsp3) is 0.667. The average molecular weight is 153 g/mol. The highest BCUT2D eigenvalue weighted by molar-refractivity contribution is 5.96. The zero-order chi connectivity index (χ0) is 8.48. The highest BCUT2D eigenvalue weighted by Gasteiger charge is 2.24. The van der Waals surface area contributed by atoms with Gasteiger partial charge in [-0.3, -0.25) is 0 Å². The first-order valence-electron chi connectivity index (χ1n) is 3.96. The number of rotatable bonds is 0. The van der Waals surface area contributed by atoms with Gasteiger partial charge in [-0.1, -0.05) is 24.6 Å². The van der Waals surface area contributed by atoms with Gasteiger partial charge in [-0.2, -0.15) is 0 Å². The molecule has 0 aliphatic heterocycles. The van der Waals surface area contributed by atoms with Crippen molar-refractivity contribution in [2.24, 2.45) is 10.6 Å². The highest BCUT2D eigenvalue weighted by atomic mass is 16.4. The molecule has 0 unspecified atom stereocenters. The van der Waals surface area contributed by atoms with Crippen LogP contribution in [0.15, 0.2) is 16.8 Å². The standard InChI is InChI=1S/C9H15NO/c1-7-6-8(10-11)4-5-9(7,2)3/h6,11H,4-5H2,1-3H3/b10-8-. The molecule has 1 N–H and O–H groups in total. The van der Waals surface area contributed by atoms with Gasteiger partial charge in [0.25, 0.3) is 0 Å². The molecule has 0 amide bonds. The van der Waals surface area contributed by atoms with Gasteiger partial charge < -0.3 is 5.21 Å². The first-order valence-corrected chi connectivity index (χ1v) is 3.96. The Bertz CT molecular complexity index is 214. The largest absolute Gasteiger partial charge is 0.411 e. The van der Waals surface area contributed by atoms with Gasteiger partial charge in [0.15, 0.2) is 0 Å². The Hall–Kier alpha value is -0.790. The molecule has 2 heteroatoms. The van der Waals surface area contributed by atoms with Gasteiger partial charge in [-0.05, 0) is 31.3 Å². The summed E-state index contributed by atoms with van der Waals surface area (Å²) >= 11 is 0. The minimum Gasteiger partial charge on any atom is -0.411 e. The van der Waals surface area contributed by atoms with Gasteiger partial charge in [0.1, 0.15) is 0 Å². The molecular formula is C9H15NO. The lowest BCUT2D eigenvalue weighted by Crippen LogP contribution is -2.20. The number of hydrogen-bond acceptors (Lipinski definition) is 2. The van der Waals surface area contributed by atoms with E-state index in [0.717, 1.165) is 18.6 Å². The van der Waals surface area contributed by atoms with Gasteiger partial charge >= 0.3 is 0 Å². The first-order chi connectivity index (χ1) is 5.06. The molecule has 62 valence electrons. The Morgan fingerprint density at radius 2 is 2.18 bits per heavy atom. The number of hydrogen-bond donors (Lipinski definition) is 1. The summed E-state index contributed by atoms with van der Waals surface area (Å²) in [5, 5.41) is 11.7. The van der Waals surface area contributed by atoms with Crippen molar-refractivity contribution in [3.63, 3.8) is 0 Å². The molecule has 0 atom stereocenters. The molecule has 0 spiro atoms. The minimum atomic E-state index is 0.286. The summed E-state index contributed by atoms with van der Waals surface area (Å²) in [5.41, 5.74) is 2.40. The summed E-state index contributed by atoms with van der Waals surface area (Å²) in [6.07, 6.45) is 3.94. The second-order valence-corrected chi connectivity index (χ2v) is 3.80. The van der Waals surface area contributed by atoms with Gasteiger partial charge in [0, 0.05) is 0 Å². The SMILES string of the molecule is CC1=C/C(=N\O)CCC1(C)C. The second-order valence-electron chi connectivity index (χ2n) is 3.80. The van der Waals surface area contributed by atoms with Crippen molar-refractivity contribution in [3.8, 4) is 0 Å². The fourth-order valence-corrected chi connectivity index (χ4v) is 1.23. The van der Waals surface area contributed by atoms with E-state index in [9.17, 15) is 0 Å². The molecule has 11 heavy (non-hydrogen) atoms. The summed E-state index contributed by atoms with van der Waals surface area (Å²) in [7, 11) is 0. The van der Waals surface area contributed by atoms with E-state index in [1.165, 1.54) is 5.57 Å². The Kier molecular flexibility index (Phi) is 2.03. The van der Waals surface area contributed by atoms with E-state index in [2.05, 4.69) is 25.9 Å². The van der Waals surface area contributed by atoms with Crippen LogP contribution < -0.4 is 0 Å². The molecule has 0 radical (unpaired) electrons. The van der Waals surface area contributed by atoms with Crippen molar-refractivity contribution in [2.45, 2.75) is 33.6 Å². The van der Waals surface area contributed by atoms with Crippen molar-refractivity contribution < 1.29 is 5.21 Å². The summed E-state index contributed by atoms with van der Waals surface area (Å²) < 4.78 is 0. The molecule has 1 aliphatic carbocycles. The Morgan fingerprint density at radius 1 is 1.55 bits per heavy atom. The van der Waals surface area contributed by atoms with Crippen molar-refractivity contribution in [1.29, 1.82) is 0 Å². The zero-order valence-corrected chi connectivity index (χ0v) is 7.39. The molecule has 1 aliphatic rings. The van der Waals surface area contributed by atoms with E-state index in [1.807, 2.05) is 6.08 Å². The van der Waals surface area contributed by atoms with Crippen molar-refractivity contribution in [3.05, 3.63) is 11.6 Å². The van der Waals surface area contributed by atoms with Crippen molar-refractivity contribution in [1.82, 2.24) is 0 Å². The molecule has 0 saturated carbocycles. The quantitative estimate of drug-likeness (QED) is 0.421. The van der Waals surface area contributed by atoms with Crippen LogP contribution in [0.1, 0.15) is 33.6 Å².